The average Bonchev–Trinajstić information content (AvgIpc) is 2.84. The third-order valence-corrected chi connectivity index (χ3v) is 3.83. The van der Waals surface area contributed by atoms with Crippen LogP contribution in [-0.4, -0.2) is 23.6 Å². The molecule has 0 amide bonds. The van der Waals surface area contributed by atoms with E-state index < -0.39 is 0 Å². The maximum atomic E-state index is 5.40. The lowest BCUT2D eigenvalue weighted by atomic mass is 10.1. The van der Waals surface area contributed by atoms with Gasteiger partial charge < -0.3 is 10.1 Å². The second-order valence-corrected chi connectivity index (χ2v) is 5.23. The number of aryl methyl sites for hydroxylation is 1. The molecule has 2 aromatic heterocycles. The van der Waals surface area contributed by atoms with Gasteiger partial charge >= 0.3 is 0 Å². The lowest BCUT2D eigenvalue weighted by molar-refractivity contribution is 0.394. The van der Waals surface area contributed by atoms with Gasteiger partial charge in [0.15, 0.2) is 0 Å². The fourth-order valence-electron chi connectivity index (χ4n) is 2.02. The minimum atomic E-state index is 0.131. The molecule has 0 aliphatic heterocycles. The molecule has 0 spiro atoms. The normalized spacial score (nSPS) is 12.4. The summed E-state index contributed by atoms with van der Waals surface area (Å²) in [6, 6.07) is 3.96. The van der Waals surface area contributed by atoms with Gasteiger partial charge in [-0.05, 0) is 25.6 Å². The Morgan fingerprint density at radius 2 is 2.32 bits per heavy atom. The van der Waals surface area contributed by atoms with E-state index in [9.17, 15) is 0 Å². The minimum absolute atomic E-state index is 0.131. The van der Waals surface area contributed by atoms with E-state index in [1.807, 2.05) is 19.1 Å². The minimum Gasteiger partial charge on any atom is -0.495 e. The standard InChI is InChI=1S/C14H19N3OS/c1-4-15-11(8-13-17-10(2)9-19-13)14-12(18-3)6-5-7-16-14/h5-7,9,11,15H,4,8H2,1-3H3. The van der Waals surface area contributed by atoms with Crippen molar-refractivity contribution in [2.24, 2.45) is 0 Å². The summed E-state index contributed by atoms with van der Waals surface area (Å²) in [6.45, 7) is 4.99. The summed E-state index contributed by atoms with van der Waals surface area (Å²) >= 11 is 1.69. The van der Waals surface area contributed by atoms with E-state index in [1.54, 1.807) is 24.6 Å². The first-order chi connectivity index (χ1) is 9.24. The zero-order valence-electron chi connectivity index (χ0n) is 11.5. The summed E-state index contributed by atoms with van der Waals surface area (Å²) in [6.07, 6.45) is 2.63. The molecule has 19 heavy (non-hydrogen) atoms. The lowest BCUT2D eigenvalue weighted by Crippen LogP contribution is -2.24. The van der Waals surface area contributed by atoms with Crippen LogP contribution in [0.3, 0.4) is 0 Å². The van der Waals surface area contributed by atoms with Crippen LogP contribution >= 0.6 is 11.3 Å². The Morgan fingerprint density at radius 1 is 1.47 bits per heavy atom. The van der Waals surface area contributed by atoms with Crippen molar-refractivity contribution >= 4 is 11.3 Å². The summed E-state index contributed by atoms with van der Waals surface area (Å²) < 4.78 is 5.40. The highest BCUT2D eigenvalue weighted by atomic mass is 32.1. The highest BCUT2D eigenvalue weighted by Crippen LogP contribution is 2.26. The molecule has 2 heterocycles. The SMILES string of the molecule is CCNC(Cc1nc(C)cs1)c1ncccc1OC. The van der Waals surface area contributed by atoms with Gasteiger partial charge in [-0.1, -0.05) is 6.92 Å². The Balaban J connectivity index is 2.23. The third-order valence-electron chi connectivity index (χ3n) is 2.85. The first kappa shape index (κ1) is 14.0. The van der Waals surface area contributed by atoms with Gasteiger partial charge in [-0.15, -0.1) is 11.3 Å². The van der Waals surface area contributed by atoms with Crippen LogP contribution in [0.25, 0.3) is 0 Å². The van der Waals surface area contributed by atoms with Crippen LogP contribution in [0.5, 0.6) is 5.75 Å². The molecule has 2 aromatic rings. The number of nitrogens with zero attached hydrogens (tertiary/aromatic N) is 2. The van der Waals surface area contributed by atoms with Gasteiger partial charge in [0.1, 0.15) is 5.75 Å². The maximum Gasteiger partial charge on any atom is 0.141 e. The fourth-order valence-corrected chi connectivity index (χ4v) is 2.84. The first-order valence-electron chi connectivity index (χ1n) is 6.38. The van der Waals surface area contributed by atoms with E-state index in [0.29, 0.717) is 0 Å². The summed E-state index contributed by atoms with van der Waals surface area (Å²) in [5.41, 5.74) is 2.02. The number of likely N-dealkylation sites (N-methyl/N-ethyl adjacent to an activating group) is 1. The van der Waals surface area contributed by atoms with E-state index in [4.69, 9.17) is 4.74 Å². The summed E-state index contributed by atoms with van der Waals surface area (Å²) in [7, 11) is 1.68. The van der Waals surface area contributed by atoms with Gasteiger partial charge in [0.2, 0.25) is 0 Å². The molecule has 0 saturated heterocycles. The van der Waals surface area contributed by atoms with Gasteiger partial charge in [0.05, 0.1) is 23.9 Å². The second-order valence-electron chi connectivity index (χ2n) is 4.29. The number of hydrogen-bond acceptors (Lipinski definition) is 5. The number of thiazole rings is 1. The molecule has 0 fully saturated rings. The zero-order chi connectivity index (χ0) is 13.7. The van der Waals surface area contributed by atoms with Gasteiger partial charge in [-0.25, -0.2) is 4.98 Å². The van der Waals surface area contributed by atoms with Crippen LogP contribution in [0.4, 0.5) is 0 Å². The number of nitrogens with one attached hydrogen (secondary N) is 1. The third kappa shape index (κ3) is 3.52. The van der Waals surface area contributed by atoms with Crippen LogP contribution < -0.4 is 10.1 Å². The molecule has 0 aliphatic carbocycles. The van der Waals surface area contributed by atoms with Crippen molar-refractivity contribution in [3.63, 3.8) is 0 Å². The number of ether oxygens (including phenoxy) is 1. The van der Waals surface area contributed by atoms with Crippen LogP contribution in [0.1, 0.15) is 29.4 Å². The first-order valence-corrected chi connectivity index (χ1v) is 7.25. The molecule has 0 saturated carbocycles. The Bertz CT molecular complexity index is 527. The van der Waals surface area contributed by atoms with Crippen molar-refractivity contribution < 1.29 is 4.74 Å². The van der Waals surface area contributed by atoms with Gasteiger partial charge in [-0.3, -0.25) is 4.98 Å². The van der Waals surface area contributed by atoms with Crippen molar-refractivity contribution in [1.29, 1.82) is 0 Å². The number of pyridine rings is 1. The molecule has 2 rings (SSSR count). The summed E-state index contributed by atoms with van der Waals surface area (Å²) in [4.78, 5) is 8.98. The Hall–Kier alpha value is -1.46. The topological polar surface area (TPSA) is 47.0 Å². The van der Waals surface area contributed by atoms with Crippen molar-refractivity contribution in [2.75, 3.05) is 13.7 Å². The molecular formula is C14H19N3OS. The summed E-state index contributed by atoms with van der Waals surface area (Å²) in [5.74, 6) is 0.821. The van der Waals surface area contributed by atoms with Crippen molar-refractivity contribution in [3.8, 4) is 5.75 Å². The second kappa shape index (κ2) is 6.63. The van der Waals surface area contributed by atoms with Gasteiger partial charge in [0.25, 0.3) is 0 Å². The smallest absolute Gasteiger partial charge is 0.141 e. The van der Waals surface area contributed by atoms with Crippen LogP contribution in [-0.2, 0) is 6.42 Å². The van der Waals surface area contributed by atoms with E-state index in [-0.39, 0.29) is 6.04 Å². The Morgan fingerprint density at radius 3 is 2.95 bits per heavy atom. The molecule has 102 valence electrons. The predicted octanol–water partition coefficient (Wildman–Crippen LogP) is 2.75. The van der Waals surface area contributed by atoms with E-state index in [0.717, 1.165) is 35.1 Å². The van der Waals surface area contributed by atoms with E-state index in [2.05, 4.69) is 27.6 Å². The summed E-state index contributed by atoms with van der Waals surface area (Å²) in [5, 5.41) is 6.65. The molecule has 0 aromatic carbocycles. The molecule has 1 atom stereocenters. The molecule has 1 unspecified atom stereocenters. The van der Waals surface area contributed by atoms with E-state index in [1.165, 1.54) is 0 Å². The monoisotopic (exact) mass is 277 g/mol. The van der Waals surface area contributed by atoms with Gasteiger partial charge in [0, 0.05) is 23.7 Å². The molecule has 5 heteroatoms. The fraction of sp³-hybridized carbons (Fsp3) is 0.429. The molecule has 0 bridgehead atoms. The van der Waals surface area contributed by atoms with Crippen molar-refractivity contribution in [3.05, 3.63) is 40.1 Å². The number of methoxy groups -OCH3 is 1. The predicted molar refractivity (Wildman–Crippen MR) is 77.8 cm³/mol. The number of hydrogen-bond donors (Lipinski definition) is 1. The van der Waals surface area contributed by atoms with E-state index >= 15 is 0 Å². The highest BCUT2D eigenvalue weighted by molar-refractivity contribution is 7.09. The largest absolute Gasteiger partial charge is 0.495 e. The molecule has 4 nitrogen and oxygen atoms in total. The Labute approximate surface area is 117 Å². The zero-order valence-corrected chi connectivity index (χ0v) is 12.3. The average molecular weight is 277 g/mol. The maximum absolute atomic E-state index is 5.40. The van der Waals surface area contributed by atoms with Crippen LogP contribution in [0.2, 0.25) is 0 Å². The highest BCUT2D eigenvalue weighted by Gasteiger charge is 2.18. The lowest BCUT2D eigenvalue weighted by Gasteiger charge is -2.18. The van der Waals surface area contributed by atoms with Crippen LogP contribution in [0, 0.1) is 6.92 Å². The molecule has 0 aliphatic rings. The van der Waals surface area contributed by atoms with Crippen LogP contribution in [0.15, 0.2) is 23.7 Å². The number of rotatable bonds is 6. The van der Waals surface area contributed by atoms with Crippen molar-refractivity contribution in [2.45, 2.75) is 26.3 Å². The molecular weight excluding hydrogens is 258 g/mol. The Kier molecular flexibility index (Phi) is 4.87. The van der Waals surface area contributed by atoms with Gasteiger partial charge in [-0.2, -0.15) is 0 Å². The number of aromatic nitrogens is 2. The molecule has 1 N–H and O–H groups in total. The molecule has 0 radical (unpaired) electrons. The van der Waals surface area contributed by atoms with Crippen molar-refractivity contribution in [1.82, 2.24) is 15.3 Å². The quantitative estimate of drug-likeness (QED) is 0.882.